The summed E-state index contributed by atoms with van der Waals surface area (Å²) >= 11 is 6.09. The molecule has 0 aliphatic heterocycles. The molecule has 1 aromatic heterocycles. The predicted octanol–water partition coefficient (Wildman–Crippen LogP) is 2.73. The zero-order valence-electron chi connectivity index (χ0n) is 12.5. The van der Waals surface area contributed by atoms with Crippen molar-refractivity contribution < 1.29 is 5.11 Å². The molecule has 0 aliphatic carbocycles. The van der Waals surface area contributed by atoms with Gasteiger partial charge in [0.1, 0.15) is 0 Å². The first-order valence-corrected chi connectivity index (χ1v) is 7.60. The third kappa shape index (κ3) is 3.46. The van der Waals surface area contributed by atoms with E-state index >= 15 is 0 Å². The number of nitrogens with zero attached hydrogens (tertiary/aromatic N) is 2. The second-order valence-electron chi connectivity index (χ2n) is 5.27. The van der Waals surface area contributed by atoms with Crippen molar-refractivity contribution in [1.82, 2.24) is 15.1 Å². The van der Waals surface area contributed by atoms with Crippen molar-refractivity contribution in [2.45, 2.75) is 32.4 Å². The molecule has 1 unspecified atom stereocenters. The average molecular weight is 308 g/mol. The van der Waals surface area contributed by atoms with E-state index < -0.39 is 5.54 Å². The molecule has 0 fully saturated rings. The monoisotopic (exact) mass is 307 g/mol. The first-order valence-electron chi connectivity index (χ1n) is 7.22. The topological polar surface area (TPSA) is 50.1 Å². The Bertz CT molecular complexity index is 570. The van der Waals surface area contributed by atoms with E-state index in [9.17, 15) is 5.11 Å². The van der Waals surface area contributed by atoms with Crippen LogP contribution in [0.2, 0.25) is 5.02 Å². The molecule has 1 aromatic carbocycles. The molecule has 0 amide bonds. The molecule has 0 spiro atoms. The molecule has 21 heavy (non-hydrogen) atoms. The van der Waals surface area contributed by atoms with Crippen LogP contribution in [0, 0.1) is 6.92 Å². The number of halogens is 1. The SMILES string of the molecule is CCCNC(CO)(Cn1ncc(Cl)c1C)c1ccccc1. The number of hydrogen-bond donors (Lipinski definition) is 2. The highest BCUT2D eigenvalue weighted by Gasteiger charge is 2.32. The number of rotatable bonds is 7. The summed E-state index contributed by atoms with van der Waals surface area (Å²) in [7, 11) is 0. The molecule has 0 radical (unpaired) electrons. The van der Waals surface area contributed by atoms with Crippen molar-refractivity contribution in [3.05, 3.63) is 52.8 Å². The van der Waals surface area contributed by atoms with E-state index in [-0.39, 0.29) is 6.61 Å². The number of aliphatic hydroxyl groups excluding tert-OH is 1. The standard InChI is InChI=1S/C16H22ClN3O/c1-3-9-18-16(12-21,14-7-5-4-6-8-14)11-20-13(2)15(17)10-19-20/h4-8,10,18,21H,3,9,11-12H2,1-2H3. The van der Waals surface area contributed by atoms with Crippen molar-refractivity contribution in [3.63, 3.8) is 0 Å². The Hall–Kier alpha value is -1.36. The van der Waals surface area contributed by atoms with Crippen LogP contribution in [0.5, 0.6) is 0 Å². The molecule has 0 aliphatic rings. The van der Waals surface area contributed by atoms with Gasteiger partial charge in [0.25, 0.3) is 0 Å². The van der Waals surface area contributed by atoms with Gasteiger partial charge in [0.2, 0.25) is 0 Å². The third-order valence-corrected chi connectivity index (χ3v) is 4.14. The lowest BCUT2D eigenvalue weighted by Crippen LogP contribution is -2.49. The number of aromatic nitrogens is 2. The highest BCUT2D eigenvalue weighted by Crippen LogP contribution is 2.25. The maximum atomic E-state index is 10.1. The Labute approximate surface area is 130 Å². The van der Waals surface area contributed by atoms with E-state index in [0.29, 0.717) is 11.6 Å². The Morgan fingerprint density at radius 2 is 2.05 bits per heavy atom. The van der Waals surface area contributed by atoms with Gasteiger partial charge in [0, 0.05) is 0 Å². The summed E-state index contributed by atoms with van der Waals surface area (Å²) in [5.74, 6) is 0. The van der Waals surface area contributed by atoms with Gasteiger partial charge in [0.05, 0.1) is 35.6 Å². The van der Waals surface area contributed by atoms with Crippen LogP contribution in [0.15, 0.2) is 36.5 Å². The van der Waals surface area contributed by atoms with Crippen molar-refractivity contribution >= 4 is 11.6 Å². The summed E-state index contributed by atoms with van der Waals surface area (Å²) < 4.78 is 1.84. The number of benzene rings is 1. The second-order valence-corrected chi connectivity index (χ2v) is 5.68. The minimum absolute atomic E-state index is 0.00602. The van der Waals surface area contributed by atoms with Crippen molar-refractivity contribution in [3.8, 4) is 0 Å². The smallest absolute Gasteiger partial charge is 0.0867 e. The van der Waals surface area contributed by atoms with Crippen LogP contribution >= 0.6 is 11.6 Å². The van der Waals surface area contributed by atoms with Crippen LogP contribution in [0.25, 0.3) is 0 Å². The van der Waals surface area contributed by atoms with E-state index in [2.05, 4.69) is 17.3 Å². The highest BCUT2D eigenvalue weighted by molar-refractivity contribution is 6.31. The second kappa shape index (κ2) is 7.07. The van der Waals surface area contributed by atoms with Crippen LogP contribution in [0.3, 0.4) is 0 Å². The number of nitrogens with one attached hydrogen (secondary N) is 1. The van der Waals surface area contributed by atoms with Gasteiger partial charge in [-0.25, -0.2) is 0 Å². The molecule has 5 heteroatoms. The van der Waals surface area contributed by atoms with Gasteiger partial charge in [-0.2, -0.15) is 5.10 Å². The van der Waals surface area contributed by atoms with Gasteiger partial charge in [-0.3, -0.25) is 4.68 Å². The Morgan fingerprint density at radius 1 is 1.33 bits per heavy atom. The highest BCUT2D eigenvalue weighted by atomic mass is 35.5. The summed E-state index contributed by atoms with van der Waals surface area (Å²) in [6.07, 6.45) is 2.64. The largest absolute Gasteiger partial charge is 0.394 e. The molecule has 2 rings (SSSR count). The summed E-state index contributed by atoms with van der Waals surface area (Å²) in [4.78, 5) is 0. The number of aliphatic hydroxyl groups is 1. The van der Waals surface area contributed by atoms with E-state index in [1.54, 1.807) is 6.20 Å². The van der Waals surface area contributed by atoms with Gasteiger partial charge >= 0.3 is 0 Å². The molecular weight excluding hydrogens is 286 g/mol. The molecule has 0 bridgehead atoms. The van der Waals surface area contributed by atoms with Gasteiger partial charge in [-0.1, -0.05) is 48.9 Å². The fraction of sp³-hybridized carbons (Fsp3) is 0.438. The van der Waals surface area contributed by atoms with Crippen LogP contribution in [0.1, 0.15) is 24.6 Å². The third-order valence-electron chi connectivity index (χ3n) is 3.77. The first-order chi connectivity index (χ1) is 10.1. The van der Waals surface area contributed by atoms with Crippen LogP contribution in [-0.4, -0.2) is 28.0 Å². The van der Waals surface area contributed by atoms with E-state index in [4.69, 9.17) is 11.6 Å². The zero-order chi connectivity index (χ0) is 15.3. The lowest BCUT2D eigenvalue weighted by Gasteiger charge is -2.34. The lowest BCUT2D eigenvalue weighted by molar-refractivity contribution is 0.137. The van der Waals surface area contributed by atoms with Crippen LogP contribution in [0.4, 0.5) is 0 Å². The molecule has 2 aromatic rings. The first kappa shape index (κ1) is 16.0. The van der Waals surface area contributed by atoms with Gasteiger partial charge < -0.3 is 10.4 Å². The van der Waals surface area contributed by atoms with Crippen molar-refractivity contribution in [2.75, 3.05) is 13.2 Å². The fourth-order valence-electron chi connectivity index (χ4n) is 2.41. The molecule has 2 N–H and O–H groups in total. The zero-order valence-corrected chi connectivity index (χ0v) is 13.3. The van der Waals surface area contributed by atoms with Crippen molar-refractivity contribution in [1.29, 1.82) is 0 Å². The van der Waals surface area contributed by atoms with Crippen LogP contribution < -0.4 is 5.32 Å². The van der Waals surface area contributed by atoms with Crippen LogP contribution in [-0.2, 0) is 12.1 Å². The molecule has 1 atom stereocenters. The summed E-state index contributed by atoms with van der Waals surface area (Å²) in [5, 5.41) is 18.5. The number of hydrogen-bond acceptors (Lipinski definition) is 3. The maximum Gasteiger partial charge on any atom is 0.0867 e. The molecule has 0 saturated carbocycles. The minimum Gasteiger partial charge on any atom is -0.394 e. The normalized spacial score (nSPS) is 14.1. The molecule has 114 valence electrons. The van der Waals surface area contributed by atoms with E-state index in [0.717, 1.165) is 24.2 Å². The average Bonchev–Trinajstić information content (AvgIpc) is 2.84. The summed E-state index contributed by atoms with van der Waals surface area (Å²) in [6, 6.07) is 9.99. The molecule has 4 nitrogen and oxygen atoms in total. The summed E-state index contributed by atoms with van der Waals surface area (Å²) in [5.41, 5.74) is 1.40. The molecule has 0 saturated heterocycles. The Kier molecular flexibility index (Phi) is 5.39. The van der Waals surface area contributed by atoms with E-state index in [1.165, 1.54) is 0 Å². The fourth-order valence-corrected chi connectivity index (χ4v) is 2.55. The van der Waals surface area contributed by atoms with Crippen molar-refractivity contribution in [2.24, 2.45) is 0 Å². The lowest BCUT2D eigenvalue weighted by atomic mass is 9.90. The molecular formula is C16H22ClN3O. The van der Waals surface area contributed by atoms with Gasteiger partial charge in [0.15, 0.2) is 0 Å². The molecule has 1 heterocycles. The Morgan fingerprint density at radius 3 is 2.57 bits per heavy atom. The maximum absolute atomic E-state index is 10.1. The van der Waals surface area contributed by atoms with E-state index in [1.807, 2.05) is 41.9 Å². The van der Waals surface area contributed by atoms with Gasteiger partial charge in [-0.15, -0.1) is 0 Å². The predicted molar refractivity (Wildman–Crippen MR) is 85.5 cm³/mol. The van der Waals surface area contributed by atoms with Gasteiger partial charge in [-0.05, 0) is 25.5 Å². The Balaban J connectivity index is 2.37. The summed E-state index contributed by atoms with van der Waals surface area (Å²) in [6.45, 7) is 5.39. The quantitative estimate of drug-likeness (QED) is 0.827. The minimum atomic E-state index is -0.558.